The van der Waals surface area contributed by atoms with Gasteiger partial charge >= 0.3 is 0 Å². The summed E-state index contributed by atoms with van der Waals surface area (Å²) in [7, 11) is 0. The second kappa shape index (κ2) is 6.60. The van der Waals surface area contributed by atoms with E-state index in [4.69, 9.17) is 0 Å². The molecule has 3 heterocycles. The Morgan fingerprint density at radius 3 is 2.76 bits per heavy atom. The van der Waals surface area contributed by atoms with Crippen LogP contribution in [0.1, 0.15) is 12.5 Å². The molecule has 0 aliphatic heterocycles. The van der Waals surface area contributed by atoms with Crippen molar-refractivity contribution < 1.29 is 0 Å². The standard InChI is InChI=1S/C18H16N6S/c1-3-24-16(15-6-4-5-9-19-15)22-23-18(24)25-17-13-10-12(2)7-8-14(13)20-11-21-17/h4-11H,3H2,1-2H3. The number of hydrogen-bond acceptors (Lipinski definition) is 6. The Balaban J connectivity index is 1.77. The zero-order valence-corrected chi connectivity index (χ0v) is 14.7. The van der Waals surface area contributed by atoms with Crippen LogP contribution >= 0.6 is 11.8 Å². The van der Waals surface area contributed by atoms with Gasteiger partial charge < -0.3 is 4.57 Å². The maximum atomic E-state index is 4.46. The number of aromatic nitrogens is 6. The lowest BCUT2D eigenvalue weighted by atomic mass is 10.2. The Hall–Kier alpha value is -2.80. The highest BCUT2D eigenvalue weighted by Gasteiger charge is 2.16. The van der Waals surface area contributed by atoms with Crippen LogP contribution in [-0.2, 0) is 6.54 Å². The van der Waals surface area contributed by atoms with Crippen molar-refractivity contribution in [2.24, 2.45) is 0 Å². The molecule has 3 aromatic heterocycles. The van der Waals surface area contributed by atoms with E-state index in [0.29, 0.717) is 0 Å². The van der Waals surface area contributed by atoms with Gasteiger partial charge in [0.05, 0.1) is 5.52 Å². The molecular weight excluding hydrogens is 332 g/mol. The van der Waals surface area contributed by atoms with Crippen LogP contribution in [0.25, 0.3) is 22.4 Å². The Labute approximate surface area is 149 Å². The molecule has 0 aliphatic carbocycles. The third kappa shape index (κ3) is 2.98. The third-order valence-corrected chi connectivity index (χ3v) is 4.87. The highest BCUT2D eigenvalue weighted by molar-refractivity contribution is 7.99. The summed E-state index contributed by atoms with van der Waals surface area (Å²) in [6.45, 7) is 4.89. The van der Waals surface area contributed by atoms with Gasteiger partial charge in [-0.25, -0.2) is 9.97 Å². The second-order valence-electron chi connectivity index (χ2n) is 5.57. The van der Waals surface area contributed by atoms with Gasteiger partial charge in [0.15, 0.2) is 11.0 Å². The van der Waals surface area contributed by atoms with Crippen molar-refractivity contribution in [2.75, 3.05) is 0 Å². The fourth-order valence-electron chi connectivity index (χ4n) is 2.65. The molecule has 0 atom stereocenters. The van der Waals surface area contributed by atoms with Crippen LogP contribution in [0.5, 0.6) is 0 Å². The molecule has 124 valence electrons. The molecule has 0 fully saturated rings. The van der Waals surface area contributed by atoms with Crippen molar-refractivity contribution in [3.05, 3.63) is 54.5 Å². The predicted molar refractivity (Wildman–Crippen MR) is 97.3 cm³/mol. The van der Waals surface area contributed by atoms with Gasteiger partial charge in [-0.3, -0.25) is 4.98 Å². The van der Waals surface area contributed by atoms with Crippen molar-refractivity contribution in [1.82, 2.24) is 29.7 Å². The van der Waals surface area contributed by atoms with Gasteiger partial charge in [0.1, 0.15) is 17.0 Å². The minimum Gasteiger partial charge on any atom is -0.301 e. The SMILES string of the molecule is CCn1c(Sc2ncnc3ccc(C)cc23)nnc1-c1ccccn1. The predicted octanol–water partition coefficient (Wildman–Crippen LogP) is 3.76. The number of nitrogens with zero attached hydrogens (tertiary/aromatic N) is 6. The number of fused-ring (bicyclic) bond motifs is 1. The summed E-state index contributed by atoms with van der Waals surface area (Å²) in [6, 6.07) is 11.9. The van der Waals surface area contributed by atoms with E-state index in [2.05, 4.69) is 55.7 Å². The van der Waals surface area contributed by atoms with E-state index in [1.807, 2.05) is 24.3 Å². The number of aryl methyl sites for hydroxylation is 1. The second-order valence-corrected chi connectivity index (χ2v) is 6.52. The molecule has 0 radical (unpaired) electrons. The van der Waals surface area contributed by atoms with Crippen LogP contribution < -0.4 is 0 Å². The van der Waals surface area contributed by atoms with Crippen LogP contribution in [0.2, 0.25) is 0 Å². The lowest BCUT2D eigenvalue weighted by molar-refractivity contribution is 0.685. The van der Waals surface area contributed by atoms with Crippen molar-refractivity contribution in [3.8, 4) is 11.5 Å². The average molecular weight is 348 g/mol. The monoisotopic (exact) mass is 348 g/mol. The number of rotatable bonds is 4. The fraction of sp³-hybridized carbons (Fsp3) is 0.167. The Morgan fingerprint density at radius 1 is 1.04 bits per heavy atom. The van der Waals surface area contributed by atoms with E-state index >= 15 is 0 Å². The van der Waals surface area contributed by atoms with Gasteiger partial charge in [-0.05, 0) is 49.9 Å². The van der Waals surface area contributed by atoms with Crippen LogP contribution in [-0.4, -0.2) is 29.7 Å². The highest BCUT2D eigenvalue weighted by Crippen LogP contribution is 2.32. The molecule has 0 spiro atoms. The zero-order chi connectivity index (χ0) is 17.2. The molecule has 0 saturated heterocycles. The van der Waals surface area contributed by atoms with Gasteiger partial charge in [-0.15, -0.1) is 10.2 Å². The minimum atomic E-state index is 0.753. The maximum Gasteiger partial charge on any atom is 0.197 e. The van der Waals surface area contributed by atoms with Gasteiger partial charge in [0, 0.05) is 18.1 Å². The topological polar surface area (TPSA) is 69.4 Å². The molecule has 7 heteroatoms. The Kier molecular flexibility index (Phi) is 4.15. The van der Waals surface area contributed by atoms with Crippen LogP contribution in [0.4, 0.5) is 0 Å². The molecule has 0 unspecified atom stereocenters. The summed E-state index contributed by atoms with van der Waals surface area (Å²) in [5.74, 6) is 0.764. The summed E-state index contributed by atoms with van der Waals surface area (Å²) < 4.78 is 2.05. The summed E-state index contributed by atoms with van der Waals surface area (Å²) in [5, 5.41) is 11.4. The Bertz CT molecular complexity index is 1030. The number of benzene rings is 1. The first-order chi connectivity index (χ1) is 12.3. The van der Waals surface area contributed by atoms with Gasteiger partial charge in [0.2, 0.25) is 0 Å². The number of hydrogen-bond donors (Lipinski definition) is 0. The average Bonchev–Trinajstić information content (AvgIpc) is 3.05. The van der Waals surface area contributed by atoms with Gasteiger partial charge in [-0.1, -0.05) is 17.7 Å². The lowest BCUT2D eigenvalue weighted by Crippen LogP contribution is -2.01. The van der Waals surface area contributed by atoms with Crippen molar-refractivity contribution in [1.29, 1.82) is 0 Å². The van der Waals surface area contributed by atoms with E-state index in [1.165, 1.54) is 17.3 Å². The Morgan fingerprint density at radius 2 is 1.96 bits per heavy atom. The zero-order valence-electron chi connectivity index (χ0n) is 13.9. The van der Waals surface area contributed by atoms with Crippen LogP contribution in [0.3, 0.4) is 0 Å². The van der Waals surface area contributed by atoms with Crippen LogP contribution in [0, 0.1) is 6.92 Å². The molecule has 0 N–H and O–H groups in total. The molecule has 0 aliphatic rings. The fourth-order valence-corrected chi connectivity index (χ4v) is 3.60. The van der Waals surface area contributed by atoms with E-state index in [0.717, 1.165) is 39.1 Å². The molecule has 0 saturated carbocycles. The van der Waals surface area contributed by atoms with Crippen molar-refractivity contribution >= 4 is 22.7 Å². The molecule has 0 bridgehead atoms. The maximum absolute atomic E-state index is 4.46. The molecule has 25 heavy (non-hydrogen) atoms. The van der Waals surface area contributed by atoms with Crippen molar-refractivity contribution in [2.45, 2.75) is 30.6 Å². The molecule has 6 nitrogen and oxygen atoms in total. The van der Waals surface area contributed by atoms with E-state index in [-0.39, 0.29) is 0 Å². The molecule has 0 amide bonds. The van der Waals surface area contributed by atoms with Crippen molar-refractivity contribution in [3.63, 3.8) is 0 Å². The summed E-state index contributed by atoms with van der Waals surface area (Å²) in [5.41, 5.74) is 2.91. The lowest BCUT2D eigenvalue weighted by Gasteiger charge is -2.08. The first-order valence-electron chi connectivity index (χ1n) is 8.00. The molecule has 1 aromatic carbocycles. The molecule has 4 rings (SSSR count). The quantitative estimate of drug-likeness (QED) is 0.523. The third-order valence-electron chi connectivity index (χ3n) is 3.87. The minimum absolute atomic E-state index is 0.753. The largest absolute Gasteiger partial charge is 0.301 e. The summed E-state index contributed by atoms with van der Waals surface area (Å²) in [4.78, 5) is 13.2. The summed E-state index contributed by atoms with van der Waals surface area (Å²) >= 11 is 1.50. The van der Waals surface area contributed by atoms with E-state index in [1.54, 1.807) is 12.5 Å². The smallest absolute Gasteiger partial charge is 0.197 e. The first kappa shape index (κ1) is 15.7. The normalized spacial score (nSPS) is 11.1. The first-order valence-corrected chi connectivity index (χ1v) is 8.81. The highest BCUT2D eigenvalue weighted by atomic mass is 32.2. The van der Waals surface area contributed by atoms with E-state index < -0.39 is 0 Å². The molecule has 4 aromatic rings. The van der Waals surface area contributed by atoms with E-state index in [9.17, 15) is 0 Å². The van der Waals surface area contributed by atoms with Gasteiger partial charge in [0.25, 0.3) is 0 Å². The molecular formula is C18H16N6S. The van der Waals surface area contributed by atoms with Gasteiger partial charge in [-0.2, -0.15) is 0 Å². The number of pyridine rings is 1. The summed E-state index contributed by atoms with van der Waals surface area (Å²) in [6.07, 6.45) is 3.35. The van der Waals surface area contributed by atoms with Crippen LogP contribution in [0.15, 0.2) is 59.1 Å².